The predicted molar refractivity (Wildman–Crippen MR) is 45.8 cm³/mol. The number of pyridine rings is 1. The van der Waals surface area contributed by atoms with E-state index in [9.17, 15) is 13.2 Å². The van der Waals surface area contributed by atoms with Crippen LogP contribution in [0.1, 0.15) is 0 Å². The summed E-state index contributed by atoms with van der Waals surface area (Å²) in [5, 5.41) is 17.2. The first-order valence-corrected chi connectivity index (χ1v) is 3.96. The second-order valence-electron chi connectivity index (χ2n) is 2.45. The Bertz CT molecular complexity index is 360. The van der Waals surface area contributed by atoms with E-state index in [-0.39, 0.29) is 5.15 Å². The lowest BCUT2D eigenvalue weighted by atomic mass is 9.81. The van der Waals surface area contributed by atoms with Gasteiger partial charge in [0.1, 0.15) is 5.15 Å². The Hall–Kier alpha value is -0.985. The molecule has 15 heavy (non-hydrogen) atoms. The van der Waals surface area contributed by atoms with Crippen molar-refractivity contribution in [2.45, 2.75) is 6.36 Å². The lowest BCUT2D eigenvalue weighted by molar-refractivity contribution is -0.275. The third kappa shape index (κ3) is 3.58. The minimum absolute atomic E-state index is 0.251. The van der Waals surface area contributed by atoms with Crippen molar-refractivity contribution in [1.82, 2.24) is 4.98 Å². The molecule has 0 aliphatic heterocycles. The summed E-state index contributed by atoms with van der Waals surface area (Å²) in [6.45, 7) is 0. The van der Waals surface area contributed by atoms with Crippen molar-refractivity contribution in [3.8, 4) is 5.88 Å². The number of hydrogen-bond acceptors (Lipinski definition) is 4. The van der Waals surface area contributed by atoms with Gasteiger partial charge in [-0.15, -0.1) is 13.2 Å². The van der Waals surface area contributed by atoms with Gasteiger partial charge in [-0.2, -0.15) is 0 Å². The van der Waals surface area contributed by atoms with E-state index in [0.717, 1.165) is 12.1 Å². The highest BCUT2D eigenvalue weighted by Gasteiger charge is 2.34. The van der Waals surface area contributed by atoms with Crippen LogP contribution in [0.2, 0.25) is 5.15 Å². The van der Waals surface area contributed by atoms with E-state index in [2.05, 4.69) is 9.72 Å². The van der Waals surface area contributed by atoms with Crippen molar-refractivity contribution < 1.29 is 28.0 Å². The quantitative estimate of drug-likeness (QED) is 0.578. The molecule has 0 saturated carbocycles. The van der Waals surface area contributed by atoms with Crippen LogP contribution in [-0.2, 0) is 0 Å². The smallest absolute Gasteiger partial charge is 0.423 e. The van der Waals surface area contributed by atoms with Crippen LogP contribution in [0.3, 0.4) is 0 Å². The second kappa shape index (κ2) is 4.25. The molecule has 0 amide bonds. The summed E-state index contributed by atoms with van der Waals surface area (Å²) >= 11 is 5.33. The number of alkyl halides is 3. The van der Waals surface area contributed by atoms with Crippen LogP contribution in [0.4, 0.5) is 13.2 Å². The fourth-order valence-corrected chi connectivity index (χ4v) is 0.956. The van der Waals surface area contributed by atoms with Crippen molar-refractivity contribution in [1.29, 1.82) is 0 Å². The maximum absolute atomic E-state index is 11.8. The first kappa shape index (κ1) is 12.1. The summed E-state index contributed by atoms with van der Waals surface area (Å²) in [4.78, 5) is 3.18. The fraction of sp³-hybridized carbons (Fsp3) is 0.167. The zero-order valence-corrected chi connectivity index (χ0v) is 7.75. The molecule has 0 aliphatic rings. The highest BCUT2D eigenvalue weighted by atomic mass is 35.5. The van der Waals surface area contributed by atoms with E-state index in [1.807, 2.05) is 0 Å². The van der Waals surface area contributed by atoms with Crippen molar-refractivity contribution in [3.05, 3.63) is 17.3 Å². The number of nitrogens with zero attached hydrogens (tertiary/aromatic N) is 1. The highest BCUT2D eigenvalue weighted by Crippen LogP contribution is 2.20. The Morgan fingerprint density at radius 1 is 1.33 bits per heavy atom. The van der Waals surface area contributed by atoms with E-state index in [1.54, 1.807) is 0 Å². The molecular weight excluding hydrogens is 237 g/mol. The summed E-state index contributed by atoms with van der Waals surface area (Å²) in [6.07, 6.45) is -4.97. The maximum Gasteiger partial charge on any atom is 0.574 e. The van der Waals surface area contributed by atoms with E-state index < -0.39 is 24.8 Å². The van der Waals surface area contributed by atoms with Crippen LogP contribution in [0.15, 0.2) is 12.1 Å². The molecule has 1 aromatic heterocycles. The minimum Gasteiger partial charge on any atom is -0.423 e. The summed E-state index contributed by atoms with van der Waals surface area (Å²) in [5.74, 6) is -0.981. The van der Waals surface area contributed by atoms with Crippen LogP contribution >= 0.6 is 11.6 Å². The number of rotatable bonds is 2. The van der Waals surface area contributed by atoms with Gasteiger partial charge in [0.05, 0.1) is 0 Å². The van der Waals surface area contributed by atoms with Gasteiger partial charge in [-0.1, -0.05) is 17.7 Å². The third-order valence-corrected chi connectivity index (χ3v) is 1.56. The Balaban J connectivity index is 3.08. The van der Waals surface area contributed by atoms with Gasteiger partial charge in [0.15, 0.2) is 0 Å². The standard InChI is InChI=1S/C6H4BClF3NO3/c8-4-2-1-3(7(13)14)5(12-4)15-6(9,10)11/h1-2,13-14H. The van der Waals surface area contributed by atoms with Crippen LogP contribution < -0.4 is 10.2 Å². The van der Waals surface area contributed by atoms with E-state index in [1.165, 1.54) is 0 Å². The van der Waals surface area contributed by atoms with Crippen LogP contribution in [0.25, 0.3) is 0 Å². The number of ether oxygens (including phenoxy) is 1. The fourth-order valence-electron chi connectivity index (χ4n) is 0.817. The first-order chi connectivity index (χ1) is 6.79. The number of hydrogen-bond donors (Lipinski definition) is 2. The molecule has 0 unspecified atom stereocenters. The number of halogens is 4. The molecule has 0 fully saturated rings. The van der Waals surface area contributed by atoms with Crippen LogP contribution in [0.5, 0.6) is 5.88 Å². The maximum atomic E-state index is 11.8. The van der Waals surface area contributed by atoms with Crippen LogP contribution in [0, 0.1) is 0 Å². The minimum atomic E-state index is -4.97. The molecule has 1 rings (SSSR count). The van der Waals surface area contributed by atoms with E-state index in [4.69, 9.17) is 21.6 Å². The monoisotopic (exact) mass is 241 g/mol. The van der Waals surface area contributed by atoms with Crippen LogP contribution in [-0.4, -0.2) is 28.5 Å². The van der Waals surface area contributed by atoms with Gasteiger partial charge in [-0.25, -0.2) is 4.98 Å². The summed E-state index contributed by atoms with van der Waals surface area (Å²) in [7, 11) is -2.12. The molecule has 0 spiro atoms. The van der Waals surface area contributed by atoms with Crippen molar-refractivity contribution in [2.24, 2.45) is 0 Å². The first-order valence-electron chi connectivity index (χ1n) is 3.58. The lowest BCUT2D eigenvalue weighted by Crippen LogP contribution is -2.34. The highest BCUT2D eigenvalue weighted by molar-refractivity contribution is 6.59. The molecule has 4 nitrogen and oxygen atoms in total. The van der Waals surface area contributed by atoms with Gasteiger partial charge in [-0.3, -0.25) is 0 Å². The van der Waals surface area contributed by atoms with Crippen molar-refractivity contribution >= 4 is 24.2 Å². The molecule has 2 N–H and O–H groups in total. The van der Waals surface area contributed by atoms with Gasteiger partial charge in [0.25, 0.3) is 0 Å². The summed E-state index contributed by atoms with van der Waals surface area (Å²) in [5.41, 5.74) is -0.517. The van der Waals surface area contributed by atoms with Crippen molar-refractivity contribution in [2.75, 3.05) is 0 Å². The normalized spacial score (nSPS) is 11.3. The van der Waals surface area contributed by atoms with Gasteiger partial charge >= 0.3 is 13.5 Å². The lowest BCUT2D eigenvalue weighted by Gasteiger charge is -2.11. The molecule has 0 aliphatic carbocycles. The Morgan fingerprint density at radius 3 is 2.40 bits per heavy atom. The number of aromatic nitrogens is 1. The molecule has 1 heterocycles. The molecule has 0 bridgehead atoms. The molecule has 0 saturated heterocycles. The topological polar surface area (TPSA) is 62.6 Å². The third-order valence-electron chi connectivity index (χ3n) is 1.35. The van der Waals surface area contributed by atoms with Gasteiger partial charge < -0.3 is 14.8 Å². The van der Waals surface area contributed by atoms with E-state index in [0.29, 0.717) is 0 Å². The van der Waals surface area contributed by atoms with Crippen molar-refractivity contribution in [3.63, 3.8) is 0 Å². The molecule has 0 aromatic carbocycles. The molecule has 0 atom stereocenters. The molecule has 9 heteroatoms. The second-order valence-corrected chi connectivity index (χ2v) is 2.84. The van der Waals surface area contributed by atoms with Gasteiger partial charge in [0, 0.05) is 5.46 Å². The van der Waals surface area contributed by atoms with Gasteiger partial charge in [0.2, 0.25) is 5.88 Å². The summed E-state index contributed by atoms with van der Waals surface area (Å²) in [6, 6.07) is 2.08. The Kier molecular flexibility index (Phi) is 3.43. The SMILES string of the molecule is OB(O)c1ccc(Cl)nc1OC(F)(F)F. The van der Waals surface area contributed by atoms with E-state index >= 15 is 0 Å². The Labute approximate surface area is 87.4 Å². The zero-order chi connectivity index (χ0) is 11.6. The Morgan fingerprint density at radius 2 is 1.93 bits per heavy atom. The average molecular weight is 241 g/mol. The zero-order valence-electron chi connectivity index (χ0n) is 6.99. The molecule has 0 radical (unpaired) electrons. The summed E-state index contributed by atoms with van der Waals surface area (Å²) < 4.78 is 39.0. The largest absolute Gasteiger partial charge is 0.574 e. The van der Waals surface area contributed by atoms with Gasteiger partial charge in [-0.05, 0) is 6.07 Å². The average Bonchev–Trinajstić information content (AvgIpc) is 1.99. The predicted octanol–water partition coefficient (Wildman–Crippen LogP) is 0.313. The molecule has 82 valence electrons. The molecular formula is C6H4BClF3NO3. The molecule has 1 aromatic rings.